The molecule has 0 aliphatic heterocycles. The van der Waals surface area contributed by atoms with Gasteiger partial charge >= 0.3 is 0 Å². The SMILES string of the molecule is NC(c1cccc(I)c1O)C1CC1. The summed E-state index contributed by atoms with van der Waals surface area (Å²) in [7, 11) is 0. The van der Waals surface area contributed by atoms with Gasteiger partial charge in [0.25, 0.3) is 0 Å². The highest BCUT2D eigenvalue weighted by Gasteiger charge is 2.31. The molecule has 13 heavy (non-hydrogen) atoms. The minimum atomic E-state index is 0.0229. The Kier molecular flexibility index (Phi) is 2.47. The van der Waals surface area contributed by atoms with Crippen molar-refractivity contribution in [2.45, 2.75) is 18.9 Å². The van der Waals surface area contributed by atoms with Gasteiger partial charge in [-0.3, -0.25) is 0 Å². The van der Waals surface area contributed by atoms with Gasteiger partial charge in [0.05, 0.1) is 3.57 Å². The predicted octanol–water partition coefficient (Wildman–Crippen LogP) is 2.41. The Balaban J connectivity index is 2.32. The van der Waals surface area contributed by atoms with Gasteiger partial charge in [0.1, 0.15) is 5.75 Å². The van der Waals surface area contributed by atoms with E-state index in [0.717, 1.165) is 9.13 Å². The van der Waals surface area contributed by atoms with Gasteiger partial charge < -0.3 is 10.8 Å². The third kappa shape index (κ3) is 1.81. The molecule has 1 aromatic rings. The van der Waals surface area contributed by atoms with Gasteiger partial charge in [-0.25, -0.2) is 0 Å². The number of phenolic OH excluding ortho intramolecular Hbond substituents is 1. The molecule has 0 bridgehead atoms. The van der Waals surface area contributed by atoms with Gasteiger partial charge in [-0.1, -0.05) is 12.1 Å². The largest absolute Gasteiger partial charge is 0.506 e. The van der Waals surface area contributed by atoms with Crippen LogP contribution in [0.15, 0.2) is 18.2 Å². The normalized spacial score (nSPS) is 18.6. The second-order valence-electron chi connectivity index (χ2n) is 3.54. The molecular formula is C10H12INO. The number of nitrogens with two attached hydrogens (primary N) is 1. The van der Waals surface area contributed by atoms with E-state index in [1.165, 1.54) is 12.8 Å². The van der Waals surface area contributed by atoms with Gasteiger partial charge in [0.2, 0.25) is 0 Å². The summed E-state index contributed by atoms with van der Waals surface area (Å²) >= 11 is 2.12. The molecule has 3 heteroatoms. The van der Waals surface area contributed by atoms with E-state index in [0.29, 0.717) is 11.7 Å². The standard InChI is InChI=1S/C10H12INO/c11-8-3-1-2-7(10(8)13)9(12)6-4-5-6/h1-3,6,9,13H,4-5,12H2. The van der Waals surface area contributed by atoms with E-state index in [4.69, 9.17) is 5.73 Å². The summed E-state index contributed by atoms with van der Waals surface area (Å²) in [5.41, 5.74) is 6.90. The van der Waals surface area contributed by atoms with Crippen molar-refractivity contribution < 1.29 is 5.11 Å². The first-order chi connectivity index (χ1) is 6.20. The molecule has 0 heterocycles. The molecule has 70 valence electrons. The summed E-state index contributed by atoms with van der Waals surface area (Å²) in [6.45, 7) is 0. The summed E-state index contributed by atoms with van der Waals surface area (Å²) in [4.78, 5) is 0. The molecule has 1 unspecified atom stereocenters. The van der Waals surface area contributed by atoms with Crippen LogP contribution >= 0.6 is 22.6 Å². The van der Waals surface area contributed by atoms with Crippen LogP contribution in [0.25, 0.3) is 0 Å². The molecule has 3 N–H and O–H groups in total. The molecule has 2 nitrogen and oxygen atoms in total. The second-order valence-corrected chi connectivity index (χ2v) is 4.70. The number of benzene rings is 1. The average molecular weight is 289 g/mol. The van der Waals surface area contributed by atoms with E-state index in [9.17, 15) is 5.11 Å². The number of aromatic hydroxyl groups is 1. The van der Waals surface area contributed by atoms with Gasteiger partial charge in [-0.05, 0) is 47.4 Å². The number of hydrogen-bond acceptors (Lipinski definition) is 2. The lowest BCUT2D eigenvalue weighted by molar-refractivity contribution is 0.452. The van der Waals surface area contributed by atoms with E-state index in [1.807, 2.05) is 18.2 Å². The highest BCUT2D eigenvalue weighted by molar-refractivity contribution is 14.1. The maximum absolute atomic E-state index is 9.76. The summed E-state index contributed by atoms with van der Waals surface area (Å²) in [6.07, 6.45) is 2.40. The van der Waals surface area contributed by atoms with Gasteiger partial charge in [0, 0.05) is 11.6 Å². The molecule has 0 aromatic heterocycles. The van der Waals surface area contributed by atoms with Crippen molar-refractivity contribution in [2.24, 2.45) is 11.7 Å². The fourth-order valence-corrected chi connectivity index (χ4v) is 2.03. The van der Waals surface area contributed by atoms with E-state index >= 15 is 0 Å². The molecule has 1 aromatic carbocycles. The molecule has 0 radical (unpaired) electrons. The molecule has 0 spiro atoms. The molecule has 1 fully saturated rings. The molecule has 1 atom stereocenters. The topological polar surface area (TPSA) is 46.2 Å². The smallest absolute Gasteiger partial charge is 0.133 e. The van der Waals surface area contributed by atoms with Crippen molar-refractivity contribution in [3.63, 3.8) is 0 Å². The van der Waals surface area contributed by atoms with Crippen molar-refractivity contribution in [1.82, 2.24) is 0 Å². The Hall–Kier alpha value is -0.290. The van der Waals surface area contributed by atoms with Crippen LogP contribution in [0.4, 0.5) is 0 Å². The van der Waals surface area contributed by atoms with Crippen LogP contribution in [0.5, 0.6) is 5.75 Å². The maximum Gasteiger partial charge on any atom is 0.133 e. The van der Waals surface area contributed by atoms with E-state index < -0.39 is 0 Å². The third-order valence-corrected chi connectivity index (χ3v) is 3.38. The third-order valence-electron chi connectivity index (χ3n) is 2.51. The number of rotatable bonds is 2. The first kappa shape index (κ1) is 9.27. The van der Waals surface area contributed by atoms with E-state index in [-0.39, 0.29) is 6.04 Å². The fourth-order valence-electron chi connectivity index (χ4n) is 1.51. The highest BCUT2D eigenvalue weighted by Crippen LogP contribution is 2.42. The van der Waals surface area contributed by atoms with Crippen LogP contribution < -0.4 is 5.73 Å². The van der Waals surface area contributed by atoms with Crippen molar-refractivity contribution in [3.8, 4) is 5.75 Å². The minimum Gasteiger partial charge on any atom is -0.506 e. The molecule has 0 saturated heterocycles. The van der Waals surface area contributed by atoms with Crippen molar-refractivity contribution in [3.05, 3.63) is 27.3 Å². The van der Waals surface area contributed by atoms with Crippen LogP contribution in [0, 0.1) is 9.49 Å². The molecule has 1 saturated carbocycles. The average Bonchev–Trinajstić information content (AvgIpc) is 2.91. The highest BCUT2D eigenvalue weighted by atomic mass is 127. The Morgan fingerprint density at radius 2 is 2.15 bits per heavy atom. The zero-order chi connectivity index (χ0) is 9.42. The summed E-state index contributed by atoms with van der Waals surface area (Å²) in [5, 5.41) is 9.76. The van der Waals surface area contributed by atoms with Crippen LogP contribution in [0.1, 0.15) is 24.4 Å². The monoisotopic (exact) mass is 289 g/mol. The van der Waals surface area contributed by atoms with Gasteiger partial charge in [-0.2, -0.15) is 0 Å². The lowest BCUT2D eigenvalue weighted by atomic mass is 10.0. The zero-order valence-corrected chi connectivity index (χ0v) is 9.36. The predicted molar refractivity (Wildman–Crippen MR) is 60.5 cm³/mol. The lowest BCUT2D eigenvalue weighted by Gasteiger charge is -2.13. The Morgan fingerprint density at radius 1 is 1.46 bits per heavy atom. The van der Waals surface area contributed by atoms with Gasteiger partial charge in [-0.15, -0.1) is 0 Å². The summed E-state index contributed by atoms with van der Waals surface area (Å²) < 4.78 is 0.881. The molecular weight excluding hydrogens is 277 g/mol. The number of hydrogen-bond donors (Lipinski definition) is 2. The maximum atomic E-state index is 9.76. The first-order valence-electron chi connectivity index (χ1n) is 4.43. The number of phenols is 1. The fraction of sp³-hybridized carbons (Fsp3) is 0.400. The van der Waals surface area contributed by atoms with E-state index in [2.05, 4.69) is 22.6 Å². The summed E-state index contributed by atoms with van der Waals surface area (Å²) in [5.74, 6) is 0.951. The van der Waals surface area contributed by atoms with Gasteiger partial charge in [0.15, 0.2) is 0 Å². The molecule has 2 rings (SSSR count). The van der Waals surface area contributed by atoms with E-state index in [1.54, 1.807) is 0 Å². The van der Waals surface area contributed by atoms with Crippen LogP contribution in [-0.2, 0) is 0 Å². The molecule has 0 amide bonds. The van der Waals surface area contributed by atoms with Crippen molar-refractivity contribution in [2.75, 3.05) is 0 Å². The quantitative estimate of drug-likeness (QED) is 0.821. The van der Waals surface area contributed by atoms with Crippen LogP contribution in [0.2, 0.25) is 0 Å². The minimum absolute atomic E-state index is 0.0229. The second kappa shape index (κ2) is 3.46. The zero-order valence-electron chi connectivity index (χ0n) is 7.20. The Labute approximate surface area is 91.3 Å². The Bertz CT molecular complexity index is 323. The van der Waals surface area contributed by atoms with Crippen LogP contribution in [0.3, 0.4) is 0 Å². The lowest BCUT2D eigenvalue weighted by Crippen LogP contribution is -2.12. The van der Waals surface area contributed by atoms with Crippen LogP contribution in [-0.4, -0.2) is 5.11 Å². The molecule has 1 aliphatic rings. The van der Waals surface area contributed by atoms with Crippen molar-refractivity contribution >= 4 is 22.6 Å². The number of para-hydroxylation sites is 1. The Morgan fingerprint density at radius 3 is 2.77 bits per heavy atom. The van der Waals surface area contributed by atoms with Crippen molar-refractivity contribution in [1.29, 1.82) is 0 Å². The molecule has 1 aliphatic carbocycles. The number of halogens is 1. The summed E-state index contributed by atoms with van der Waals surface area (Å²) in [6, 6.07) is 5.77. The first-order valence-corrected chi connectivity index (χ1v) is 5.51.